The van der Waals surface area contributed by atoms with Gasteiger partial charge in [0, 0.05) is 5.56 Å². The fourth-order valence-corrected chi connectivity index (χ4v) is 2.63. The maximum atomic E-state index is 12.4. The third kappa shape index (κ3) is 2.55. The first-order valence-electron chi connectivity index (χ1n) is 5.45. The molecule has 2 rings (SSSR count). The van der Waals surface area contributed by atoms with Gasteiger partial charge in [0.2, 0.25) is 5.78 Å². The zero-order chi connectivity index (χ0) is 13.1. The van der Waals surface area contributed by atoms with Gasteiger partial charge in [-0.25, -0.2) is 0 Å². The number of ketones is 1. The predicted octanol–water partition coefficient (Wildman–Crippen LogP) is 4.03. The van der Waals surface area contributed by atoms with E-state index in [2.05, 4.69) is 9.59 Å². The van der Waals surface area contributed by atoms with E-state index >= 15 is 0 Å². The Labute approximate surface area is 119 Å². The van der Waals surface area contributed by atoms with Gasteiger partial charge >= 0.3 is 0 Å². The molecule has 3 nitrogen and oxygen atoms in total. The highest BCUT2D eigenvalue weighted by molar-refractivity contribution is 7.08. The van der Waals surface area contributed by atoms with E-state index in [1.807, 2.05) is 6.92 Å². The van der Waals surface area contributed by atoms with E-state index in [0.29, 0.717) is 15.5 Å². The molecule has 94 valence electrons. The van der Waals surface area contributed by atoms with Crippen LogP contribution < -0.4 is 0 Å². The van der Waals surface area contributed by atoms with Crippen molar-refractivity contribution >= 4 is 40.5 Å². The molecule has 1 heterocycles. The van der Waals surface area contributed by atoms with Crippen molar-refractivity contribution in [2.75, 3.05) is 0 Å². The van der Waals surface area contributed by atoms with Crippen LogP contribution in [0.3, 0.4) is 0 Å². The Kier molecular flexibility index (Phi) is 4.32. The summed E-state index contributed by atoms with van der Waals surface area (Å²) in [7, 11) is 0. The number of hydrogen-bond acceptors (Lipinski definition) is 4. The second kappa shape index (κ2) is 5.78. The molecule has 0 unspecified atom stereocenters. The molecule has 0 atom stereocenters. The van der Waals surface area contributed by atoms with E-state index in [1.165, 1.54) is 0 Å². The zero-order valence-corrected chi connectivity index (χ0v) is 11.9. The second-order valence-electron chi connectivity index (χ2n) is 3.73. The molecule has 6 heteroatoms. The van der Waals surface area contributed by atoms with E-state index in [1.54, 1.807) is 18.2 Å². The molecular formula is C12H10Cl2N2OS. The van der Waals surface area contributed by atoms with Crippen LogP contribution in [-0.4, -0.2) is 15.4 Å². The SMILES string of the molecule is CCCc1nnsc1C(=O)c1cccc(Cl)c1Cl. The summed E-state index contributed by atoms with van der Waals surface area (Å²) in [6.45, 7) is 2.03. The molecule has 1 aromatic carbocycles. The van der Waals surface area contributed by atoms with Gasteiger partial charge in [0.15, 0.2) is 0 Å². The van der Waals surface area contributed by atoms with Crippen LogP contribution in [0, 0.1) is 0 Å². The third-order valence-electron chi connectivity index (χ3n) is 2.45. The maximum absolute atomic E-state index is 12.4. The van der Waals surface area contributed by atoms with Crippen LogP contribution >= 0.6 is 34.7 Å². The maximum Gasteiger partial charge on any atom is 0.208 e. The second-order valence-corrected chi connectivity index (χ2v) is 5.27. The number of hydrogen-bond donors (Lipinski definition) is 0. The van der Waals surface area contributed by atoms with Gasteiger partial charge in [0.25, 0.3) is 0 Å². The van der Waals surface area contributed by atoms with Gasteiger partial charge in [-0.15, -0.1) is 5.10 Å². The first-order chi connectivity index (χ1) is 8.65. The van der Waals surface area contributed by atoms with Crippen LogP contribution in [0.1, 0.15) is 34.3 Å². The number of nitrogens with zero attached hydrogens (tertiary/aromatic N) is 2. The van der Waals surface area contributed by atoms with Gasteiger partial charge in [-0.3, -0.25) is 4.79 Å². The Bertz CT molecular complexity index is 583. The molecule has 0 bridgehead atoms. The van der Waals surface area contributed by atoms with Gasteiger partial charge in [-0.1, -0.05) is 47.1 Å². The average Bonchev–Trinajstić information content (AvgIpc) is 2.80. The number of carbonyl (C=O) groups is 1. The van der Waals surface area contributed by atoms with Crippen molar-refractivity contribution < 1.29 is 4.79 Å². The highest BCUT2D eigenvalue weighted by Crippen LogP contribution is 2.28. The molecule has 0 aliphatic heterocycles. The summed E-state index contributed by atoms with van der Waals surface area (Å²) in [5.74, 6) is -0.166. The smallest absolute Gasteiger partial charge is 0.208 e. The van der Waals surface area contributed by atoms with E-state index in [4.69, 9.17) is 23.2 Å². The lowest BCUT2D eigenvalue weighted by atomic mass is 10.1. The average molecular weight is 301 g/mol. The summed E-state index contributed by atoms with van der Waals surface area (Å²) in [4.78, 5) is 12.9. The minimum Gasteiger partial charge on any atom is -0.288 e. The molecule has 0 N–H and O–H groups in total. The standard InChI is InChI=1S/C12H10Cl2N2OS/c1-2-4-9-12(18-16-15-9)11(17)7-5-3-6-8(13)10(7)14/h3,5-6H,2,4H2,1H3. The Hall–Kier alpha value is -0.970. The number of aryl methyl sites for hydroxylation is 1. The van der Waals surface area contributed by atoms with Crippen molar-refractivity contribution in [2.45, 2.75) is 19.8 Å². The molecular weight excluding hydrogens is 291 g/mol. The Morgan fingerprint density at radius 2 is 2.17 bits per heavy atom. The summed E-state index contributed by atoms with van der Waals surface area (Å²) in [6.07, 6.45) is 1.64. The third-order valence-corrected chi connectivity index (χ3v) is 4.03. The van der Waals surface area contributed by atoms with Crippen LogP contribution in [0.2, 0.25) is 10.0 Å². The lowest BCUT2D eigenvalue weighted by Gasteiger charge is -2.04. The number of rotatable bonds is 4. The Balaban J connectivity index is 2.42. The molecule has 0 amide bonds. The zero-order valence-electron chi connectivity index (χ0n) is 9.61. The van der Waals surface area contributed by atoms with Crippen LogP contribution in [0.5, 0.6) is 0 Å². The van der Waals surface area contributed by atoms with Gasteiger partial charge in [0.1, 0.15) is 4.88 Å². The minimum atomic E-state index is -0.166. The number of benzene rings is 1. The van der Waals surface area contributed by atoms with Crippen molar-refractivity contribution in [3.8, 4) is 0 Å². The number of carbonyl (C=O) groups excluding carboxylic acids is 1. The summed E-state index contributed by atoms with van der Waals surface area (Å²) >= 11 is 13.0. The van der Waals surface area contributed by atoms with Crippen molar-refractivity contribution in [2.24, 2.45) is 0 Å². The Morgan fingerprint density at radius 3 is 2.89 bits per heavy atom. The fraction of sp³-hybridized carbons (Fsp3) is 0.250. The molecule has 0 saturated heterocycles. The van der Waals surface area contributed by atoms with Gasteiger partial charge in [-0.05, 0) is 30.1 Å². The van der Waals surface area contributed by atoms with Crippen molar-refractivity contribution in [3.63, 3.8) is 0 Å². The van der Waals surface area contributed by atoms with Crippen LogP contribution in [0.4, 0.5) is 0 Å². The van der Waals surface area contributed by atoms with Crippen LogP contribution in [0.25, 0.3) is 0 Å². The molecule has 1 aromatic heterocycles. The molecule has 0 aliphatic rings. The summed E-state index contributed by atoms with van der Waals surface area (Å²) in [5.41, 5.74) is 1.12. The van der Waals surface area contributed by atoms with E-state index in [9.17, 15) is 4.79 Å². The monoisotopic (exact) mass is 300 g/mol. The van der Waals surface area contributed by atoms with E-state index in [0.717, 1.165) is 30.1 Å². The predicted molar refractivity (Wildman–Crippen MR) is 73.8 cm³/mol. The molecule has 0 radical (unpaired) electrons. The highest BCUT2D eigenvalue weighted by Gasteiger charge is 2.20. The highest BCUT2D eigenvalue weighted by atomic mass is 35.5. The normalized spacial score (nSPS) is 10.6. The van der Waals surface area contributed by atoms with Gasteiger partial charge < -0.3 is 0 Å². The van der Waals surface area contributed by atoms with Crippen molar-refractivity contribution in [1.29, 1.82) is 0 Å². The number of aromatic nitrogens is 2. The molecule has 18 heavy (non-hydrogen) atoms. The first-order valence-corrected chi connectivity index (χ1v) is 6.98. The van der Waals surface area contributed by atoms with Crippen LogP contribution in [0.15, 0.2) is 18.2 Å². The van der Waals surface area contributed by atoms with Crippen molar-refractivity contribution in [1.82, 2.24) is 9.59 Å². The fourth-order valence-electron chi connectivity index (χ4n) is 1.58. The molecule has 0 saturated carbocycles. The summed E-state index contributed by atoms with van der Waals surface area (Å²) in [6, 6.07) is 5.01. The first kappa shape index (κ1) is 13.5. The van der Waals surface area contributed by atoms with Crippen LogP contribution in [-0.2, 0) is 6.42 Å². The lowest BCUT2D eigenvalue weighted by Crippen LogP contribution is -2.04. The van der Waals surface area contributed by atoms with Gasteiger partial charge in [-0.2, -0.15) is 0 Å². The number of halogens is 2. The van der Waals surface area contributed by atoms with Crippen molar-refractivity contribution in [3.05, 3.63) is 44.4 Å². The van der Waals surface area contributed by atoms with E-state index in [-0.39, 0.29) is 10.8 Å². The summed E-state index contributed by atoms with van der Waals surface area (Å²) in [5, 5.41) is 4.63. The summed E-state index contributed by atoms with van der Waals surface area (Å²) < 4.78 is 3.83. The van der Waals surface area contributed by atoms with Gasteiger partial charge in [0.05, 0.1) is 15.7 Å². The minimum absolute atomic E-state index is 0.166. The molecule has 0 aliphatic carbocycles. The molecule has 0 spiro atoms. The molecule has 0 fully saturated rings. The van der Waals surface area contributed by atoms with E-state index < -0.39 is 0 Å². The largest absolute Gasteiger partial charge is 0.288 e. The topological polar surface area (TPSA) is 42.9 Å². The quantitative estimate of drug-likeness (QED) is 0.801. The molecule has 2 aromatic rings. The Morgan fingerprint density at radius 1 is 1.39 bits per heavy atom. The lowest BCUT2D eigenvalue weighted by molar-refractivity contribution is 0.104.